The molecule has 82 valence electrons. The van der Waals surface area contributed by atoms with Crippen LogP contribution in [0.3, 0.4) is 0 Å². The maximum absolute atomic E-state index is 6.33. The van der Waals surface area contributed by atoms with Gasteiger partial charge in [-0.15, -0.1) is 0 Å². The second kappa shape index (κ2) is 4.75. The van der Waals surface area contributed by atoms with Crippen LogP contribution in [-0.4, -0.2) is 4.98 Å². The summed E-state index contributed by atoms with van der Waals surface area (Å²) in [5, 5.41) is 0. The molecule has 1 fully saturated rings. The number of nitrogens with zero attached hydrogens (tertiary/aromatic N) is 1. The Kier molecular flexibility index (Phi) is 3.37. The summed E-state index contributed by atoms with van der Waals surface area (Å²) in [6, 6.07) is 2.25. The Hall–Kier alpha value is -0.890. The molecule has 0 radical (unpaired) electrons. The Balaban J connectivity index is 2.12. The van der Waals surface area contributed by atoms with E-state index < -0.39 is 0 Å². The first-order chi connectivity index (χ1) is 7.29. The number of aryl methyl sites for hydroxylation is 1. The highest BCUT2D eigenvalue weighted by atomic mass is 14.7. The molecule has 2 N–H and O–H groups in total. The summed E-state index contributed by atoms with van der Waals surface area (Å²) in [5.41, 5.74) is 8.85. The lowest BCUT2D eigenvalue weighted by atomic mass is 9.81. The maximum Gasteiger partial charge on any atom is 0.0341 e. The average molecular weight is 204 g/mol. The van der Waals surface area contributed by atoms with Crippen molar-refractivity contribution in [2.45, 2.75) is 45.1 Å². The van der Waals surface area contributed by atoms with Crippen LogP contribution in [0.5, 0.6) is 0 Å². The molecule has 0 saturated heterocycles. The van der Waals surface area contributed by atoms with Gasteiger partial charge in [0.2, 0.25) is 0 Å². The van der Waals surface area contributed by atoms with Gasteiger partial charge in [-0.1, -0.05) is 19.3 Å². The van der Waals surface area contributed by atoms with Crippen molar-refractivity contribution in [1.29, 1.82) is 0 Å². The van der Waals surface area contributed by atoms with Crippen molar-refractivity contribution >= 4 is 0 Å². The molecule has 2 heteroatoms. The van der Waals surface area contributed by atoms with Crippen molar-refractivity contribution in [2.24, 2.45) is 11.7 Å². The van der Waals surface area contributed by atoms with Crippen LogP contribution in [0.25, 0.3) is 0 Å². The van der Waals surface area contributed by atoms with Gasteiger partial charge in [0.1, 0.15) is 0 Å². The minimum absolute atomic E-state index is 0.194. The third kappa shape index (κ3) is 2.37. The van der Waals surface area contributed by atoms with E-state index in [4.69, 9.17) is 5.73 Å². The smallest absolute Gasteiger partial charge is 0.0341 e. The topological polar surface area (TPSA) is 38.9 Å². The molecule has 0 bridgehead atoms. The van der Waals surface area contributed by atoms with Gasteiger partial charge >= 0.3 is 0 Å². The number of rotatable bonds is 2. The number of aromatic nitrogens is 1. The zero-order valence-corrected chi connectivity index (χ0v) is 9.45. The van der Waals surface area contributed by atoms with E-state index in [1.165, 1.54) is 43.2 Å². The van der Waals surface area contributed by atoms with Crippen molar-refractivity contribution < 1.29 is 0 Å². The van der Waals surface area contributed by atoms with E-state index in [1.54, 1.807) is 0 Å². The van der Waals surface area contributed by atoms with Crippen LogP contribution in [0.4, 0.5) is 0 Å². The van der Waals surface area contributed by atoms with Crippen LogP contribution in [0.1, 0.15) is 49.3 Å². The summed E-state index contributed by atoms with van der Waals surface area (Å²) in [6.45, 7) is 2.12. The molecule has 1 unspecified atom stereocenters. The van der Waals surface area contributed by atoms with Gasteiger partial charge in [-0.05, 0) is 42.9 Å². The molecule has 1 aromatic heterocycles. The van der Waals surface area contributed by atoms with Gasteiger partial charge in [0.15, 0.2) is 0 Å². The van der Waals surface area contributed by atoms with E-state index >= 15 is 0 Å². The standard InChI is InChI=1S/C13H20N2/c1-10-7-8-15-9-12(10)13(14)11-5-3-2-4-6-11/h7-9,11,13H,2-6,14H2,1H3. The van der Waals surface area contributed by atoms with E-state index in [-0.39, 0.29) is 6.04 Å². The Labute approximate surface area is 91.9 Å². The molecule has 0 aliphatic heterocycles. The Morgan fingerprint density at radius 1 is 1.33 bits per heavy atom. The second-order valence-electron chi connectivity index (χ2n) is 4.66. The quantitative estimate of drug-likeness (QED) is 0.804. The molecule has 0 aromatic carbocycles. The lowest BCUT2D eigenvalue weighted by Gasteiger charge is -2.28. The molecular weight excluding hydrogens is 184 g/mol. The molecule has 15 heavy (non-hydrogen) atoms. The summed E-state index contributed by atoms with van der Waals surface area (Å²) in [6.07, 6.45) is 10.4. The Bertz CT molecular complexity index is 316. The van der Waals surface area contributed by atoms with Gasteiger partial charge in [-0.2, -0.15) is 0 Å². The first-order valence-electron chi connectivity index (χ1n) is 5.95. The summed E-state index contributed by atoms with van der Waals surface area (Å²) in [4.78, 5) is 4.18. The molecule has 2 rings (SSSR count). The second-order valence-corrected chi connectivity index (χ2v) is 4.66. The first kappa shape index (κ1) is 10.6. The summed E-state index contributed by atoms with van der Waals surface area (Å²) in [5.74, 6) is 0.668. The number of hydrogen-bond donors (Lipinski definition) is 1. The first-order valence-corrected chi connectivity index (χ1v) is 5.95. The molecule has 0 amide bonds. The fourth-order valence-electron chi connectivity index (χ4n) is 2.57. The third-order valence-electron chi connectivity index (χ3n) is 3.60. The molecule has 1 aliphatic carbocycles. The van der Waals surface area contributed by atoms with Crippen LogP contribution in [0.2, 0.25) is 0 Å². The third-order valence-corrected chi connectivity index (χ3v) is 3.60. The Morgan fingerprint density at radius 3 is 2.73 bits per heavy atom. The summed E-state index contributed by atoms with van der Waals surface area (Å²) < 4.78 is 0. The highest BCUT2D eigenvalue weighted by molar-refractivity contribution is 5.25. The number of pyridine rings is 1. The van der Waals surface area contributed by atoms with E-state index in [0.717, 1.165) is 0 Å². The van der Waals surface area contributed by atoms with Gasteiger partial charge < -0.3 is 5.73 Å². The van der Waals surface area contributed by atoms with Gasteiger partial charge in [0, 0.05) is 18.4 Å². The van der Waals surface area contributed by atoms with E-state index in [9.17, 15) is 0 Å². The van der Waals surface area contributed by atoms with Crippen molar-refractivity contribution in [1.82, 2.24) is 4.98 Å². The van der Waals surface area contributed by atoms with Crippen molar-refractivity contribution in [2.75, 3.05) is 0 Å². The molecule has 0 spiro atoms. The SMILES string of the molecule is Cc1ccncc1C(N)C1CCCCC1. The lowest BCUT2D eigenvalue weighted by Crippen LogP contribution is -2.24. The van der Waals surface area contributed by atoms with Crippen LogP contribution in [0, 0.1) is 12.8 Å². The number of nitrogens with two attached hydrogens (primary N) is 1. The molecule has 1 saturated carbocycles. The van der Waals surface area contributed by atoms with Crippen molar-refractivity contribution in [3.8, 4) is 0 Å². The molecule has 2 nitrogen and oxygen atoms in total. The molecule has 1 heterocycles. The van der Waals surface area contributed by atoms with Crippen LogP contribution < -0.4 is 5.73 Å². The van der Waals surface area contributed by atoms with Crippen LogP contribution >= 0.6 is 0 Å². The highest BCUT2D eigenvalue weighted by Crippen LogP contribution is 2.33. The Morgan fingerprint density at radius 2 is 2.07 bits per heavy atom. The zero-order valence-electron chi connectivity index (χ0n) is 9.45. The van der Waals surface area contributed by atoms with E-state index in [0.29, 0.717) is 5.92 Å². The van der Waals surface area contributed by atoms with Crippen LogP contribution in [-0.2, 0) is 0 Å². The van der Waals surface area contributed by atoms with E-state index in [1.807, 2.05) is 12.4 Å². The predicted molar refractivity (Wildman–Crippen MR) is 62.5 cm³/mol. The van der Waals surface area contributed by atoms with Crippen molar-refractivity contribution in [3.63, 3.8) is 0 Å². The minimum Gasteiger partial charge on any atom is -0.324 e. The fourth-order valence-corrected chi connectivity index (χ4v) is 2.57. The highest BCUT2D eigenvalue weighted by Gasteiger charge is 2.22. The van der Waals surface area contributed by atoms with Gasteiger partial charge in [0.05, 0.1) is 0 Å². The zero-order chi connectivity index (χ0) is 10.7. The van der Waals surface area contributed by atoms with E-state index in [2.05, 4.69) is 18.0 Å². The van der Waals surface area contributed by atoms with Gasteiger partial charge in [-0.25, -0.2) is 0 Å². The normalized spacial score (nSPS) is 20.1. The van der Waals surface area contributed by atoms with Gasteiger partial charge in [0.25, 0.3) is 0 Å². The fraction of sp³-hybridized carbons (Fsp3) is 0.615. The molecule has 1 atom stereocenters. The summed E-state index contributed by atoms with van der Waals surface area (Å²) >= 11 is 0. The minimum atomic E-state index is 0.194. The largest absolute Gasteiger partial charge is 0.324 e. The van der Waals surface area contributed by atoms with Crippen molar-refractivity contribution in [3.05, 3.63) is 29.6 Å². The molecular formula is C13H20N2. The van der Waals surface area contributed by atoms with Gasteiger partial charge in [-0.3, -0.25) is 4.98 Å². The molecule has 1 aromatic rings. The summed E-state index contributed by atoms with van der Waals surface area (Å²) in [7, 11) is 0. The average Bonchev–Trinajstić information content (AvgIpc) is 2.30. The van der Waals surface area contributed by atoms with Crippen LogP contribution in [0.15, 0.2) is 18.5 Å². The number of hydrogen-bond acceptors (Lipinski definition) is 2. The predicted octanol–water partition coefficient (Wildman–Crippen LogP) is 2.97. The monoisotopic (exact) mass is 204 g/mol. The lowest BCUT2D eigenvalue weighted by molar-refractivity contribution is 0.307. The maximum atomic E-state index is 6.33. The molecule has 1 aliphatic rings.